The number of hydrogen-bond donors (Lipinski definition) is 1. The second kappa shape index (κ2) is 6.42. The summed E-state index contributed by atoms with van der Waals surface area (Å²) in [4.78, 5) is 7.10. The maximum atomic E-state index is 4.61. The molecule has 0 saturated carbocycles. The highest BCUT2D eigenvalue weighted by molar-refractivity contribution is 5.28. The Hall–Kier alpha value is -1.03. The Kier molecular flexibility index (Phi) is 4.86. The van der Waals surface area contributed by atoms with Gasteiger partial charge in [0.1, 0.15) is 0 Å². The fraction of sp³-hybridized carbons (Fsp3) is 0.800. The van der Waals surface area contributed by atoms with Crippen molar-refractivity contribution >= 4 is 5.95 Å². The third-order valence-electron chi connectivity index (χ3n) is 3.89. The van der Waals surface area contributed by atoms with Gasteiger partial charge in [0, 0.05) is 25.3 Å². The van der Waals surface area contributed by atoms with Gasteiger partial charge in [-0.1, -0.05) is 20.3 Å². The van der Waals surface area contributed by atoms with Crippen molar-refractivity contribution in [2.75, 3.05) is 25.5 Å². The topological polar surface area (TPSA) is 33.1 Å². The Morgan fingerprint density at radius 3 is 2.89 bits per heavy atom. The van der Waals surface area contributed by atoms with E-state index in [1.54, 1.807) is 0 Å². The molecule has 1 saturated heterocycles. The van der Waals surface area contributed by atoms with Crippen LogP contribution in [-0.4, -0.2) is 40.6 Å². The van der Waals surface area contributed by atoms with Crippen molar-refractivity contribution in [3.8, 4) is 0 Å². The number of anilines is 1. The van der Waals surface area contributed by atoms with Crippen molar-refractivity contribution in [2.24, 2.45) is 5.92 Å². The SMILES string of the molecule is Cc1cn(CC2CCCCN2C)c(NCC(C)C)n1. The molecule has 0 aromatic carbocycles. The van der Waals surface area contributed by atoms with E-state index in [1.165, 1.54) is 25.8 Å². The molecule has 0 spiro atoms. The predicted octanol–water partition coefficient (Wildman–Crippen LogP) is 2.74. The highest BCUT2D eigenvalue weighted by Crippen LogP contribution is 2.19. The van der Waals surface area contributed by atoms with Crippen molar-refractivity contribution in [2.45, 2.75) is 52.6 Å². The number of aryl methyl sites for hydroxylation is 1. The summed E-state index contributed by atoms with van der Waals surface area (Å²) in [6.07, 6.45) is 6.17. The maximum absolute atomic E-state index is 4.61. The Morgan fingerprint density at radius 2 is 2.21 bits per heavy atom. The fourth-order valence-corrected chi connectivity index (χ4v) is 2.72. The molecule has 0 bridgehead atoms. The largest absolute Gasteiger partial charge is 0.355 e. The van der Waals surface area contributed by atoms with Crippen molar-refractivity contribution in [3.63, 3.8) is 0 Å². The summed E-state index contributed by atoms with van der Waals surface area (Å²) in [6.45, 7) is 9.79. The maximum Gasteiger partial charge on any atom is 0.203 e. The number of hydrogen-bond acceptors (Lipinski definition) is 3. The first-order valence-corrected chi connectivity index (χ1v) is 7.54. The molecule has 1 unspecified atom stereocenters. The number of nitrogens with zero attached hydrogens (tertiary/aromatic N) is 3. The van der Waals surface area contributed by atoms with Crippen LogP contribution in [0.2, 0.25) is 0 Å². The lowest BCUT2D eigenvalue weighted by Crippen LogP contribution is -2.39. The lowest BCUT2D eigenvalue weighted by molar-refractivity contribution is 0.168. The molecule has 1 aromatic heterocycles. The minimum absolute atomic E-state index is 0.641. The van der Waals surface area contributed by atoms with Crippen LogP contribution in [-0.2, 0) is 6.54 Å². The van der Waals surface area contributed by atoms with Crippen LogP contribution in [0.5, 0.6) is 0 Å². The molecule has 4 heteroatoms. The third kappa shape index (κ3) is 3.96. The molecule has 1 aliphatic heterocycles. The van der Waals surface area contributed by atoms with Gasteiger partial charge in [0.2, 0.25) is 5.95 Å². The molecular weight excluding hydrogens is 236 g/mol. The van der Waals surface area contributed by atoms with Crippen LogP contribution in [0.1, 0.15) is 38.8 Å². The monoisotopic (exact) mass is 264 g/mol. The van der Waals surface area contributed by atoms with Crippen LogP contribution >= 0.6 is 0 Å². The second-order valence-corrected chi connectivity index (χ2v) is 6.26. The summed E-state index contributed by atoms with van der Waals surface area (Å²) in [6, 6.07) is 0.655. The summed E-state index contributed by atoms with van der Waals surface area (Å²) < 4.78 is 2.30. The van der Waals surface area contributed by atoms with Gasteiger partial charge in [-0.2, -0.15) is 0 Å². The number of piperidine rings is 1. The van der Waals surface area contributed by atoms with E-state index in [0.717, 1.165) is 24.7 Å². The molecule has 1 N–H and O–H groups in total. The minimum atomic E-state index is 0.641. The van der Waals surface area contributed by atoms with E-state index < -0.39 is 0 Å². The molecule has 2 rings (SSSR count). The van der Waals surface area contributed by atoms with Gasteiger partial charge in [0.05, 0.1) is 5.69 Å². The van der Waals surface area contributed by atoms with Gasteiger partial charge < -0.3 is 14.8 Å². The Bertz CT molecular complexity index is 397. The van der Waals surface area contributed by atoms with Gasteiger partial charge in [-0.05, 0) is 39.3 Å². The molecule has 0 radical (unpaired) electrons. The summed E-state index contributed by atoms with van der Waals surface area (Å²) >= 11 is 0. The first-order valence-electron chi connectivity index (χ1n) is 7.54. The van der Waals surface area contributed by atoms with Crippen molar-refractivity contribution in [1.29, 1.82) is 0 Å². The molecule has 1 atom stereocenters. The highest BCUT2D eigenvalue weighted by atomic mass is 15.2. The Morgan fingerprint density at radius 1 is 1.42 bits per heavy atom. The van der Waals surface area contributed by atoms with E-state index >= 15 is 0 Å². The van der Waals surface area contributed by atoms with Crippen LogP contribution in [0.15, 0.2) is 6.20 Å². The highest BCUT2D eigenvalue weighted by Gasteiger charge is 2.20. The van der Waals surface area contributed by atoms with Crippen LogP contribution in [0.25, 0.3) is 0 Å². The average Bonchev–Trinajstić information content (AvgIpc) is 2.70. The van der Waals surface area contributed by atoms with Crippen LogP contribution in [0, 0.1) is 12.8 Å². The van der Waals surface area contributed by atoms with E-state index in [1.807, 2.05) is 0 Å². The van der Waals surface area contributed by atoms with Gasteiger partial charge in [0.25, 0.3) is 0 Å². The minimum Gasteiger partial charge on any atom is -0.355 e. The smallest absolute Gasteiger partial charge is 0.203 e. The third-order valence-corrected chi connectivity index (χ3v) is 3.89. The number of likely N-dealkylation sites (N-methyl/N-ethyl adjacent to an activating group) is 1. The molecule has 1 fully saturated rings. The van der Waals surface area contributed by atoms with E-state index in [2.05, 4.69) is 53.8 Å². The summed E-state index contributed by atoms with van der Waals surface area (Å²) in [7, 11) is 2.24. The van der Waals surface area contributed by atoms with Crippen molar-refractivity contribution in [1.82, 2.24) is 14.5 Å². The zero-order valence-corrected chi connectivity index (χ0v) is 12.8. The Labute approximate surface area is 117 Å². The van der Waals surface area contributed by atoms with Gasteiger partial charge in [-0.25, -0.2) is 4.98 Å². The average molecular weight is 264 g/mol. The van der Waals surface area contributed by atoms with Gasteiger partial charge in [0.15, 0.2) is 0 Å². The van der Waals surface area contributed by atoms with E-state index in [4.69, 9.17) is 0 Å². The van der Waals surface area contributed by atoms with Gasteiger partial charge in [-0.15, -0.1) is 0 Å². The van der Waals surface area contributed by atoms with E-state index in [-0.39, 0.29) is 0 Å². The van der Waals surface area contributed by atoms with Crippen LogP contribution in [0.4, 0.5) is 5.95 Å². The second-order valence-electron chi connectivity index (χ2n) is 6.26. The lowest BCUT2D eigenvalue weighted by atomic mass is 10.0. The molecule has 1 aromatic rings. The number of rotatable bonds is 5. The first-order chi connectivity index (χ1) is 9.06. The lowest BCUT2D eigenvalue weighted by Gasteiger charge is -2.33. The van der Waals surface area contributed by atoms with Crippen LogP contribution in [0.3, 0.4) is 0 Å². The number of imidazole rings is 1. The zero-order valence-electron chi connectivity index (χ0n) is 12.8. The summed E-state index contributed by atoms with van der Waals surface area (Å²) in [5.74, 6) is 1.67. The van der Waals surface area contributed by atoms with Gasteiger partial charge >= 0.3 is 0 Å². The molecule has 4 nitrogen and oxygen atoms in total. The van der Waals surface area contributed by atoms with Crippen LogP contribution < -0.4 is 5.32 Å². The van der Waals surface area contributed by atoms with E-state index in [9.17, 15) is 0 Å². The van der Waals surface area contributed by atoms with Gasteiger partial charge in [-0.3, -0.25) is 0 Å². The van der Waals surface area contributed by atoms with Crippen molar-refractivity contribution in [3.05, 3.63) is 11.9 Å². The number of nitrogens with one attached hydrogen (secondary N) is 1. The molecule has 0 aliphatic carbocycles. The molecular formula is C15H28N4. The number of likely N-dealkylation sites (tertiary alicyclic amines) is 1. The fourth-order valence-electron chi connectivity index (χ4n) is 2.72. The quantitative estimate of drug-likeness (QED) is 0.887. The Balaban J connectivity index is 2.02. The predicted molar refractivity (Wildman–Crippen MR) is 80.6 cm³/mol. The number of aromatic nitrogens is 2. The normalized spacial score (nSPS) is 21.0. The zero-order chi connectivity index (χ0) is 13.8. The molecule has 0 amide bonds. The van der Waals surface area contributed by atoms with Crippen molar-refractivity contribution < 1.29 is 0 Å². The molecule has 2 heterocycles. The first kappa shape index (κ1) is 14.4. The van der Waals surface area contributed by atoms with E-state index in [0.29, 0.717) is 12.0 Å². The molecule has 1 aliphatic rings. The summed E-state index contributed by atoms with van der Waals surface area (Å²) in [5, 5.41) is 3.47. The molecule has 108 valence electrons. The molecule has 19 heavy (non-hydrogen) atoms. The summed E-state index contributed by atoms with van der Waals surface area (Å²) in [5.41, 5.74) is 1.10. The standard InChI is InChI=1S/C15H28N4/c1-12(2)9-16-15-17-13(3)10-19(15)11-14-7-5-6-8-18(14)4/h10,12,14H,5-9,11H2,1-4H3,(H,16,17).